The molecule has 0 spiro atoms. The van der Waals surface area contributed by atoms with Gasteiger partial charge in [-0.25, -0.2) is 5.43 Å². The van der Waals surface area contributed by atoms with Crippen LogP contribution in [-0.2, 0) is 0 Å². The molecule has 0 fully saturated rings. The molecule has 5 heteroatoms. The number of hydrogen-bond donors (Lipinski definition) is 1. The molecule has 0 aromatic heterocycles. The number of hydrazone groups is 1. The molecule has 0 atom stereocenters. The highest BCUT2D eigenvalue weighted by molar-refractivity contribution is 6.33. The second-order valence-corrected chi connectivity index (χ2v) is 7.90. The molecule has 0 saturated heterocycles. The van der Waals surface area contributed by atoms with E-state index in [0.717, 1.165) is 22.4 Å². The van der Waals surface area contributed by atoms with Gasteiger partial charge in [0.1, 0.15) is 0 Å². The number of fused-ring (bicyclic) bond motifs is 1. The molecule has 1 heterocycles. The first-order chi connectivity index (χ1) is 12.7. The molecule has 3 rings (SSSR count). The number of benzene rings is 2. The Morgan fingerprint density at radius 1 is 1.19 bits per heavy atom. The summed E-state index contributed by atoms with van der Waals surface area (Å²) in [5.74, 6) is -0.252. The van der Waals surface area contributed by atoms with Crippen molar-refractivity contribution in [1.82, 2.24) is 5.43 Å². The standard InChI is InChI=1S/C22H24ClN3O/c1-14-6-8-16(9-7-14)21(27)25-24-13-17-10-18-15(2)12-22(3,4)26(5)20(18)11-19(17)23/h6-13H,1-5H3,(H,25,27)/b24-13-. The molecule has 1 N–H and O–H groups in total. The fraction of sp³-hybridized carbons (Fsp3) is 0.273. The van der Waals surface area contributed by atoms with Crippen molar-refractivity contribution in [3.05, 3.63) is 69.8 Å². The molecule has 4 nitrogen and oxygen atoms in total. The van der Waals surface area contributed by atoms with Crippen LogP contribution in [0.5, 0.6) is 0 Å². The maximum atomic E-state index is 12.2. The number of anilines is 1. The number of nitrogens with zero attached hydrogens (tertiary/aromatic N) is 2. The van der Waals surface area contributed by atoms with Crippen LogP contribution in [-0.4, -0.2) is 24.7 Å². The van der Waals surface area contributed by atoms with Crippen molar-refractivity contribution in [3.8, 4) is 0 Å². The minimum Gasteiger partial charge on any atom is -0.365 e. The summed E-state index contributed by atoms with van der Waals surface area (Å²) in [6, 6.07) is 11.3. The molecule has 0 bridgehead atoms. The summed E-state index contributed by atoms with van der Waals surface area (Å²) in [6.07, 6.45) is 3.82. The van der Waals surface area contributed by atoms with Gasteiger partial charge in [-0.3, -0.25) is 4.79 Å². The predicted octanol–water partition coefficient (Wildman–Crippen LogP) is 5.04. The number of allylic oxidation sites excluding steroid dienone is 1. The smallest absolute Gasteiger partial charge is 0.271 e. The first-order valence-electron chi connectivity index (χ1n) is 8.86. The van der Waals surface area contributed by atoms with Crippen molar-refractivity contribution in [3.63, 3.8) is 0 Å². The highest BCUT2D eigenvalue weighted by Crippen LogP contribution is 2.40. The largest absolute Gasteiger partial charge is 0.365 e. The summed E-state index contributed by atoms with van der Waals surface area (Å²) in [7, 11) is 2.06. The molecule has 0 radical (unpaired) electrons. The predicted molar refractivity (Wildman–Crippen MR) is 114 cm³/mol. The normalized spacial score (nSPS) is 15.5. The number of amides is 1. The number of carbonyl (C=O) groups excluding carboxylic acids is 1. The van der Waals surface area contributed by atoms with Crippen molar-refractivity contribution < 1.29 is 4.79 Å². The SMILES string of the molecule is CC1=CC(C)(C)N(C)c2cc(Cl)c(/C=N\NC(=O)c3ccc(C)cc3)cc21. The van der Waals surface area contributed by atoms with Gasteiger partial charge in [-0.15, -0.1) is 0 Å². The van der Waals surface area contributed by atoms with Gasteiger partial charge in [-0.1, -0.05) is 35.4 Å². The van der Waals surface area contributed by atoms with Gasteiger partial charge in [0.2, 0.25) is 0 Å². The van der Waals surface area contributed by atoms with E-state index >= 15 is 0 Å². The highest BCUT2D eigenvalue weighted by Gasteiger charge is 2.29. The van der Waals surface area contributed by atoms with Crippen LogP contribution < -0.4 is 10.3 Å². The first-order valence-corrected chi connectivity index (χ1v) is 9.24. The summed E-state index contributed by atoms with van der Waals surface area (Å²) in [6.45, 7) is 8.42. The lowest BCUT2D eigenvalue weighted by molar-refractivity contribution is 0.0955. The van der Waals surface area contributed by atoms with Crippen molar-refractivity contribution in [1.29, 1.82) is 0 Å². The third-order valence-corrected chi connectivity index (χ3v) is 5.35. The van der Waals surface area contributed by atoms with Crippen LogP contribution in [0.2, 0.25) is 5.02 Å². The molecule has 140 valence electrons. The van der Waals surface area contributed by atoms with Gasteiger partial charge in [-0.05, 0) is 57.5 Å². The molecule has 1 amide bonds. The molecule has 2 aromatic carbocycles. The Kier molecular flexibility index (Phi) is 5.11. The Morgan fingerprint density at radius 2 is 1.85 bits per heavy atom. The molecule has 2 aromatic rings. The number of halogens is 1. The van der Waals surface area contributed by atoms with E-state index in [9.17, 15) is 4.79 Å². The Morgan fingerprint density at radius 3 is 2.52 bits per heavy atom. The van der Waals surface area contributed by atoms with Gasteiger partial charge in [0, 0.05) is 29.4 Å². The number of carbonyl (C=O) groups is 1. The Labute approximate surface area is 165 Å². The molecule has 0 unspecified atom stereocenters. The third kappa shape index (κ3) is 3.91. The van der Waals surface area contributed by atoms with Gasteiger partial charge in [-0.2, -0.15) is 5.10 Å². The van der Waals surface area contributed by atoms with Crippen molar-refractivity contribution >= 4 is 35.0 Å². The van der Waals surface area contributed by atoms with Crippen LogP contribution in [0.4, 0.5) is 5.69 Å². The van der Waals surface area contributed by atoms with Crippen LogP contribution in [0.15, 0.2) is 47.6 Å². The van der Waals surface area contributed by atoms with Crippen LogP contribution in [0.1, 0.15) is 47.8 Å². The maximum absolute atomic E-state index is 12.2. The number of nitrogens with one attached hydrogen (secondary N) is 1. The van der Waals surface area contributed by atoms with Gasteiger partial charge in [0.15, 0.2) is 0 Å². The van der Waals surface area contributed by atoms with Crippen LogP contribution in [0, 0.1) is 6.92 Å². The first kappa shape index (κ1) is 19.2. The van der Waals surface area contributed by atoms with Crippen LogP contribution >= 0.6 is 11.6 Å². The topological polar surface area (TPSA) is 44.7 Å². The average molecular weight is 382 g/mol. The second-order valence-electron chi connectivity index (χ2n) is 7.50. The molecule has 0 saturated carbocycles. The Balaban J connectivity index is 1.82. The van der Waals surface area contributed by atoms with E-state index in [1.807, 2.05) is 31.2 Å². The summed E-state index contributed by atoms with van der Waals surface area (Å²) >= 11 is 6.47. The fourth-order valence-corrected chi connectivity index (χ4v) is 3.42. The Hall–Kier alpha value is -2.59. The van der Waals surface area contributed by atoms with E-state index in [-0.39, 0.29) is 11.4 Å². The highest BCUT2D eigenvalue weighted by atomic mass is 35.5. The van der Waals surface area contributed by atoms with E-state index in [4.69, 9.17) is 11.6 Å². The Bertz CT molecular complexity index is 943. The number of rotatable bonds is 3. The number of hydrogen-bond acceptors (Lipinski definition) is 3. The molecule has 1 aliphatic rings. The van der Waals surface area contributed by atoms with Gasteiger partial charge in [0.05, 0.1) is 16.8 Å². The zero-order valence-corrected chi connectivity index (χ0v) is 17.1. The van der Waals surface area contributed by atoms with E-state index in [0.29, 0.717) is 10.6 Å². The summed E-state index contributed by atoms with van der Waals surface area (Å²) in [5, 5.41) is 4.68. The van der Waals surface area contributed by atoms with Gasteiger partial charge in [0.25, 0.3) is 5.91 Å². The maximum Gasteiger partial charge on any atom is 0.271 e. The van der Waals surface area contributed by atoms with E-state index in [2.05, 4.69) is 49.3 Å². The molecule has 0 aliphatic carbocycles. The minimum atomic E-state index is -0.252. The van der Waals surface area contributed by atoms with E-state index in [1.165, 1.54) is 5.57 Å². The molecule has 1 aliphatic heterocycles. The summed E-state index contributed by atoms with van der Waals surface area (Å²) < 4.78 is 0. The van der Waals surface area contributed by atoms with E-state index < -0.39 is 0 Å². The minimum absolute atomic E-state index is 0.0714. The van der Waals surface area contributed by atoms with Gasteiger partial charge >= 0.3 is 0 Å². The van der Waals surface area contributed by atoms with Crippen molar-refractivity contribution in [2.45, 2.75) is 33.2 Å². The van der Waals surface area contributed by atoms with Crippen LogP contribution in [0.25, 0.3) is 5.57 Å². The monoisotopic (exact) mass is 381 g/mol. The molecular weight excluding hydrogens is 358 g/mol. The average Bonchev–Trinajstić information content (AvgIpc) is 2.61. The fourth-order valence-electron chi connectivity index (χ4n) is 3.22. The molecule has 27 heavy (non-hydrogen) atoms. The lowest BCUT2D eigenvalue weighted by atomic mass is 9.88. The summed E-state index contributed by atoms with van der Waals surface area (Å²) in [4.78, 5) is 14.4. The lowest BCUT2D eigenvalue weighted by Crippen LogP contribution is -2.42. The quantitative estimate of drug-likeness (QED) is 0.597. The zero-order valence-electron chi connectivity index (χ0n) is 16.3. The third-order valence-electron chi connectivity index (χ3n) is 5.02. The number of aryl methyl sites for hydroxylation is 1. The zero-order chi connectivity index (χ0) is 19.8. The van der Waals surface area contributed by atoms with E-state index in [1.54, 1.807) is 18.3 Å². The van der Waals surface area contributed by atoms with Crippen LogP contribution in [0.3, 0.4) is 0 Å². The second kappa shape index (κ2) is 7.20. The molecular formula is C22H24ClN3O. The lowest BCUT2D eigenvalue weighted by Gasteiger charge is -2.40. The van der Waals surface area contributed by atoms with Crippen molar-refractivity contribution in [2.24, 2.45) is 5.10 Å². The van der Waals surface area contributed by atoms with Crippen molar-refractivity contribution in [2.75, 3.05) is 11.9 Å². The number of likely N-dealkylation sites (N-methyl/N-ethyl adjacent to an activating group) is 1. The summed E-state index contributed by atoms with van der Waals surface area (Å²) in [5.41, 5.74) is 8.32. The van der Waals surface area contributed by atoms with Gasteiger partial charge < -0.3 is 4.90 Å².